The summed E-state index contributed by atoms with van der Waals surface area (Å²) in [6, 6.07) is 16.2. The number of para-hydroxylation sites is 1. The summed E-state index contributed by atoms with van der Waals surface area (Å²) in [6.07, 6.45) is 3.42. The fourth-order valence-corrected chi connectivity index (χ4v) is 4.82. The van der Waals surface area contributed by atoms with Crippen molar-refractivity contribution in [3.8, 4) is 0 Å². The summed E-state index contributed by atoms with van der Waals surface area (Å²) in [5.74, 6) is 1.44. The second-order valence-electron chi connectivity index (χ2n) is 8.64. The van der Waals surface area contributed by atoms with Crippen LogP contribution < -0.4 is 15.5 Å². The number of hydrogen-bond donors (Lipinski definition) is 2. The molecule has 33 heavy (non-hydrogen) atoms. The molecule has 0 saturated carbocycles. The maximum Gasteiger partial charge on any atom is 0.251 e. The number of carbonyl (C=O) groups is 2. The Bertz CT molecular complexity index is 1030. The average molecular weight is 448 g/mol. The van der Waals surface area contributed by atoms with Crippen LogP contribution in [0.15, 0.2) is 53.5 Å². The zero-order valence-electron chi connectivity index (χ0n) is 19.5. The molecular weight excluding hydrogens is 414 g/mol. The lowest BCUT2D eigenvalue weighted by molar-refractivity contribution is -0.127. The predicted molar refractivity (Wildman–Crippen MR) is 132 cm³/mol. The monoisotopic (exact) mass is 447 g/mol. The molecule has 1 fully saturated rings. The van der Waals surface area contributed by atoms with Gasteiger partial charge >= 0.3 is 0 Å². The molecule has 0 spiro atoms. The number of hydrogen-bond acceptors (Lipinski definition) is 3. The van der Waals surface area contributed by atoms with Crippen LogP contribution in [0.3, 0.4) is 0 Å². The van der Waals surface area contributed by atoms with Gasteiger partial charge in [-0.15, -0.1) is 0 Å². The lowest BCUT2D eigenvalue weighted by Gasteiger charge is -2.23. The molecule has 0 bridgehead atoms. The maximum atomic E-state index is 12.0. The summed E-state index contributed by atoms with van der Waals surface area (Å²) in [4.78, 5) is 32.7. The molecule has 1 unspecified atom stereocenters. The number of anilines is 1. The number of amides is 2. The molecule has 7 heteroatoms. The highest BCUT2D eigenvalue weighted by Gasteiger charge is 2.32. The minimum Gasteiger partial charge on any atom is -0.356 e. The lowest BCUT2D eigenvalue weighted by atomic mass is 9.98. The molecule has 0 radical (unpaired) electrons. The van der Waals surface area contributed by atoms with Crippen molar-refractivity contribution >= 4 is 23.5 Å². The van der Waals surface area contributed by atoms with Gasteiger partial charge in [0.15, 0.2) is 5.96 Å². The van der Waals surface area contributed by atoms with E-state index in [0.29, 0.717) is 17.9 Å². The molecule has 2 aromatic rings. The molecule has 0 aliphatic carbocycles. The Morgan fingerprint density at radius 3 is 2.79 bits per heavy atom. The number of nitrogens with one attached hydrogen (secondary N) is 2. The third-order valence-electron chi connectivity index (χ3n) is 6.57. The Labute approximate surface area is 195 Å². The summed E-state index contributed by atoms with van der Waals surface area (Å²) < 4.78 is 0. The first kappa shape index (κ1) is 22.8. The minimum absolute atomic E-state index is 0.0732. The first-order valence-electron chi connectivity index (χ1n) is 11.8. The Morgan fingerprint density at radius 2 is 2.03 bits per heavy atom. The van der Waals surface area contributed by atoms with Crippen molar-refractivity contribution in [3.63, 3.8) is 0 Å². The van der Waals surface area contributed by atoms with Crippen molar-refractivity contribution in [2.24, 2.45) is 4.99 Å². The fraction of sp³-hybridized carbons (Fsp3) is 0.423. The average Bonchev–Trinajstić information content (AvgIpc) is 3.43. The van der Waals surface area contributed by atoms with Gasteiger partial charge in [0, 0.05) is 63.9 Å². The molecule has 2 N–H and O–H groups in total. The van der Waals surface area contributed by atoms with Crippen molar-refractivity contribution < 1.29 is 9.59 Å². The molecule has 7 nitrogen and oxygen atoms in total. The van der Waals surface area contributed by atoms with Crippen molar-refractivity contribution in [2.75, 3.05) is 45.2 Å². The number of nitrogens with zero attached hydrogens (tertiary/aromatic N) is 3. The second kappa shape index (κ2) is 10.5. The third-order valence-corrected chi connectivity index (χ3v) is 6.57. The SMILES string of the molecule is CN=C(NCCc1cccc(C(=O)NC)c1)N1CC(CCN2CCCC2=O)c2ccccc21. The molecule has 2 aromatic carbocycles. The number of carbonyl (C=O) groups excluding carboxylic acids is 2. The zero-order valence-corrected chi connectivity index (χ0v) is 19.5. The van der Waals surface area contributed by atoms with E-state index in [1.807, 2.05) is 36.2 Å². The van der Waals surface area contributed by atoms with Crippen LogP contribution in [0.2, 0.25) is 0 Å². The zero-order chi connectivity index (χ0) is 23.2. The molecule has 2 heterocycles. The van der Waals surface area contributed by atoms with Gasteiger partial charge < -0.3 is 20.4 Å². The molecular formula is C26H33N5O2. The van der Waals surface area contributed by atoms with E-state index in [-0.39, 0.29) is 11.8 Å². The van der Waals surface area contributed by atoms with E-state index in [1.165, 1.54) is 11.3 Å². The number of fused-ring (bicyclic) bond motifs is 1. The van der Waals surface area contributed by atoms with E-state index >= 15 is 0 Å². The van der Waals surface area contributed by atoms with Crippen LogP contribution in [0, 0.1) is 0 Å². The normalized spacial score (nSPS) is 17.9. The van der Waals surface area contributed by atoms with Gasteiger partial charge in [0.25, 0.3) is 5.91 Å². The van der Waals surface area contributed by atoms with E-state index in [4.69, 9.17) is 0 Å². The molecule has 2 aliphatic rings. The number of aliphatic imine (C=N–C) groups is 1. The van der Waals surface area contributed by atoms with Crippen LogP contribution in [0.5, 0.6) is 0 Å². The van der Waals surface area contributed by atoms with Gasteiger partial charge in [-0.05, 0) is 48.6 Å². The second-order valence-corrected chi connectivity index (χ2v) is 8.64. The maximum absolute atomic E-state index is 12.0. The summed E-state index contributed by atoms with van der Waals surface area (Å²) in [7, 11) is 3.46. The minimum atomic E-state index is -0.0732. The third kappa shape index (κ3) is 5.18. The number of benzene rings is 2. The Morgan fingerprint density at radius 1 is 1.18 bits per heavy atom. The first-order valence-corrected chi connectivity index (χ1v) is 11.8. The molecule has 2 aliphatic heterocycles. The van der Waals surface area contributed by atoms with Crippen LogP contribution in [0.4, 0.5) is 5.69 Å². The van der Waals surface area contributed by atoms with E-state index in [2.05, 4.69) is 44.8 Å². The molecule has 1 atom stereocenters. The van der Waals surface area contributed by atoms with Crippen LogP contribution in [-0.4, -0.2) is 62.9 Å². The molecule has 1 saturated heterocycles. The highest BCUT2D eigenvalue weighted by Crippen LogP contribution is 2.38. The van der Waals surface area contributed by atoms with Gasteiger partial charge in [0.1, 0.15) is 0 Å². The summed E-state index contributed by atoms with van der Waals surface area (Å²) in [5.41, 5.74) is 4.29. The smallest absolute Gasteiger partial charge is 0.251 e. The predicted octanol–water partition coefficient (Wildman–Crippen LogP) is 2.78. The van der Waals surface area contributed by atoms with E-state index in [1.54, 1.807) is 7.05 Å². The van der Waals surface area contributed by atoms with Gasteiger partial charge in [0.2, 0.25) is 5.91 Å². The molecule has 0 aromatic heterocycles. The topological polar surface area (TPSA) is 77.0 Å². The fourth-order valence-electron chi connectivity index (χ4n) is 4.82. The summed E-state index contributed by atoms with van der Waals surface area (Å²) in [6.45, 7) is 3.28. The molecule has 174 valence electrons. The number of likely N-dealkylation sites (tertiary alicyclic amines) is 1. The Balaban J connectivity index is 1.38. The first-order chi connectivity index (χ1) is 16.1. The van der Waals surface area contributed by atoms with Crippen molar-refractivity contribution in [3.05, 3.63) is 65.2 Å². The van der Waals surface area contributed by atoms with Gasteiger partial charge in [-0.3, -0.25) is 14.6 Å². The van der Waals surface area contributed by atoms with Crippen LogP contribution in [-0.2, 0) is 11.2 Å². The van der Waals surface area contributed by atoms with Crippen molar-refractivity contribution in [2.45, 2.75) is 31.6 Å². The Kier molecular flexibility index (Phi) is 7.27. The number of guanidine groups is 1. The van der Waals surface area contributed by atoms with Gasteiger partial charge in [-0.1, -0.05) is 30.3 Å². The largest absolute Gasteiger partial charge is 0.356 e. The van der Waals surface area contributed by atoms with Crippen LogP contribution in [0.25, 0.3) is 0 Å². The molecule has 4 rings (SSSR count). The standard InChI is InChI=1S/C26H33N5O2/c1-27-25(33)20-8-5-7-19(17-20)12-14-29-26(28-2)31-18-21(22-9-3-4-10-23(22)31)13-16-30-15-6-11-24(30)32/h3-5,7-10,17,21H,6,11-16,18H2,1-2H3,(H,27,33)(H,28,29). The Hall–Kier alpha value is -3.35. The van der Waals surface area contributed by atoms with Gasteiger partial charge in [0.05, 0.1) is 0 Å². The van der Waals surface area contributed by atoms with Gasteiger partial charge in [-0.2, -0.15) is 0 Å². The van der Waals surface area contributed by atoms with E-state index in [0.717, 1.165) is 57.0 Å². The molecule has 2 amide bonds. The van der Waals surface area contributed by atoms with Crippen LogP contribution in [0.1, 0.15) is 46.7 Å². The number of rotatable bonds is 7. The van der Waals surface area contributed by atoms with Crippen LogP contribution >= 0.6 is 0 Å². The highest BCUT2D eigenvalue weighted by molar-refractivity contribution is 5.98. The van der Waals surface area contributed by atoms with E-state index in [9.17, 15) is 9.59 Å². The van der Waals surface area contributed by atoms with E-state index < -0.39 is 0 Å². The summed E-state index contributed by atoms with van der Waals surface area (Å²) in [5, 5.41) is 6.17. The van der Waals surface area contributed by atoms with Crippen molar-refractivity contribution in [1.29, 1.82) is 0 Å². The quantitative estimate of drug-likeness (QED) is 0.506. The van der Waals surface area contributed by atoms with Gasteiger partial charge in [-0.25, -0.2) is 0 Å². The van der Waals surface area contributed by atoms with Crippen molar-refractivity contribution in [1.82, 2.24) is 15.5 Å². The summed E-state index contributed by atoms with van der Waals surface area (Å²) >= 11 is 0. The highest BCUT2D eigenvalue weighted by atomic mass is 16.2. The lowest BCUT2D eigenvalue weighted by Crippen LogP contribution is -2.42.